The van der Waals surface area contributed by atoms with E-state index in [4.69, 9.17) is 17.3 Å². The van der Waals surface area contributed by atoms with E-state index in [2.05, 4.69) is 21.8 Å². The first kappa shape index (κ1) is 8.50. The topological polar surface area (TPSA) is 68.9 Å². The highest BCUT2D eigenvalue weighted by Gasteiger charge is 1.98. The maximum absolute atomic E-state index is 9.88. The molecule has 0 aromatic carbocycles. The van der Waals surface area contributed by atoms with Gasteiger partial charge in [-0.25, -0.2) is 4.98 Å². The van der Waals surface area contributed by atoms with Crippen LogP contribution in [0, 0.1) is 11.8 Å². The Morgan fingerprint density at radius 2 is 2.42 bits per heavy atom. The van der Waals surface area contributed by atoms with Crippen LogP contribution in [0.2, 0.25) is 5.28 Å². The van der Waals surface area contributed by atoms with E-state index in [-0.39, 0.29) is 11.1 Å². The third kappa shape index (κ3) is 1.94. The molecule has 60 valence electrons. The number of carbonyl (C=O) groups is 1. The number of nitrogens with zero attached hydrogens (tertiary/aromatic N) is 2. The summed E-state index contributed by atoms with van der Waals surface area (Å²) < 4.78 is 0. The molecule has 4 nitrogen and oxygen atoms in total. The number of nitrogens with two attached hydrogens (primary N) is 1. The molecule has 0 aliphatic rings. The molecule has 0 atom stereocenters. The molecule has 0 radical (unpaired) electrons. The number of hydrogen-bond acceptors (Lipinski definition) is 4. The van der Waals surface area contributed by atoms with E-state index >= 15 is 0 Å². The predicted molar refractivity (Wildman–Crippen MR) is 44.4 cm³/mol. The number of aldehydes is 1. The quantitative estimate of drug-likeness (QED) is 0.354. The van der Waals surface area contributed by atoms with Crippen molar-refractivity contribution in [2.75, 3.05) is 5.73 Å². The van der Waals surface area contributed by atoms with Crippen LogP contribution in [-0.4, -0.2) is 16.3 Å². The van der Waals surface area contributed by atoms with E-state index in [0.717, 1.165) is 0 Å². The zero-order valence-corrected chi connectivity index (χ0v) is 6.67. The summed E-state index contributed by atoms with van der Waals surface area (Å²) >= 11 is 5.43. The number of hydrogen-bond donors (Lipinski definition) is 1. The number of rotatable bonds is 0. The minimum Gasteiger partial charge on any atom is -0.383 e. The molecule has 2 N–H and O–H groups in total. The van der Waals surface area contributed by atoms with E-state index < -0.39 is 0 Å². The monoisotopic (exact) mass is 181 g/mol. The van der Waals surface area contributed by atoms with Crippen molar-refractivity contribution in [2.24, 2.45) is 0 Å². The van der Waals surface area contributed by atoms with Gasteiger partial charge in [0.05, 0.1) is 5.56 Å². The normalized spacial score (nSPS) is 8.42. The van der Waals surface area contributed by atoms with Crippen molar-refractivity contribution >= 4 is 23.7 Å². The summed E-state index contributed by atoms with van der Waals surface area (Å²) in [6.07, 6.45) is 1.83. The van der Waals surface area contributed by atoms with Crippen molar-refractivity contribution in [3.63, 3.8) is 0 Å². The maximum Gasteiger partial charge on any atom is 0.224 e. The van der Waals surface area contributed by atoms with Crippen LogP contribution in [0.15, 0.2) is 6.20 Å². The van der Waals surface area contributed by atoms with Gasteiger partial charge < -0.3 is 5.73 Å². The maximum atomic E-state index is 9.88. The molecule has 0 saturated heterocycles. The molecule has 0 spiro atoms. The van der Waals surface area contributed by atoms with E-state index in [0.29, 0.717) is 11.8 Å². The Bertz CT molecular complexity index is 367. The Hall–Kier alpha value is -1.60. The van der Waals surface area contributed by atoms with Gasteiger partial charge in [-0.2, -0.15) is 4.98 Å². The lowest BCUT2D eigenvalue weighted by atomic mass is 10.3. The zero-order chi connectivity index (χ0) is 8.97. The number of anilines is 1. The predicted octanol–water partition coefficient (Wildman–Crippen LogP) is 0.263. The molecule has 0 aliphatic carbocycles. The molecule has 5 heteroatoms. The minimum absolute atomic E-state index is 0.0594. The molecular weight excluding hydrogens is 178 g/mol. The van der Waals surface area contributed by atoms with Crippen LogP contribution in [0.1, 0.15) is 5.56 Å². The molecule has 1 heterocycles. The Labute approximate surface area is 73.8 Å². The number of halogens is 1. The van der Waals surface area contributed by atoms with Crippen molar-refractivity contribution in [3.8, 4) is 11.8 Å². The molecule has 0 fully saturated rings. The summed E-state index contributed by atoms with van der Waals surface area (Å²) in [5.74, 6) is 4.83. The number of carbonyl (C=O) groups excluding carboxylic acids is 1. The summed E-state index contributed by atoms with van der Waals surface area (Å²) in [6, 6.07) is 0. The van der Waals surface area contributed by atoms with Crippen LogP contribution in [-0.2, 0) is 4.79 Å². The Morgan fingerprint density at radius 1 is 1.67 bits per heavy atom. The second-order valence-corrected chi connectivity index (χ2v) is 2.16. The molecule has 0 amide bonds. The minimum atomic E-state index is 0.0594. The van der Waals surface area contributed by atoms with Gasteiger partial charge in [0.2, 0.25) is 5.28 Å². The molecular formula is C7H4ClN3O. The second-order valence-electron chi connectivity index (χ2n) is 1.83. The summed E-state index contributed by atoms with van der Waals surface area (Å²) in [7, 11) is 0. The van der Waals surface area contributed by atoms with Crippen molar-refractivity contribution in [1.29, 1.82) is 0 Å². The fourth-order valence-corrected chi connectivity index (χ4v) is 0.716. The molecule has 0 unspecified atom stereocenters. The van der Waals surface area contributed by atoms with Crippen molar-refractivity contribution in [1.82, 2.24) is 9.97 Å². The molecule has 1 aromatic heterocycles. The van der Waals surface area contributed by atoms with Crippen molar-refractivity contribution in [2.45, 2.75) is 0 Å². The van der Waals surface area contributed by atoms with Gasteiger partial charge in [0.15, 0.2) is 6.29 Å². The van der Waals surface area contributed by atoms with E-state index in [1.807, 2.05) is 0 Å². The molecule has 1 rings (SSSR count). The van der Waals surface area contributed by atoms with Gasteiger partial charge >= 0.3 is 0 Å². The van der Waals surface area contributed by atoms with E-state index in [1.54, 1.807) is 0 Å². The van der Waals surface area contributed by atoms with Crippen LogP contribution in [0.3, 0.4) is 0 Å². The second kappa shape index (κ2) is 3.69. The molecule has 0 bridgehead atoms. The van der Waals surface area contributed by atoms with Crippen molar-refractivity contribution < 1.29 is 4.79 Å². The average molecular weight is 182 g/mol. The Balaban J connectivity index is 3.09. The smallest absolute Gasteiger partial charge is 0.224 e. The zero-order valence-electron chi connectivity index (χ0n) is 5.91. The lowest BCUT2D eigenvalue weighted by Crippen LogP contribution is -1.96. The van der Waals surface area contributed by atoms with Gasteiger partial charge in [-0.1, -0.05) is 5.92 Å². The van der Waals surface area contributed by atoms with Crippen LogP contribution in [0.4, 0.5) is 5.82 Å². The molecule has 12 heavy (non-hydrogen) atoms. The first-order valence-electron chi connectivity index (χ1n) is 2.97. The lowest BCUT2D eigenvalue weighted by molar-refractivity contribution is -0.103. The SMILES string of the molecule is Nc1nc(Cl)ncc1C#CC=O. The van der Waals surface area contributed by atoms with Gasteiger partial charge in [-0.3, -0.25) is 4.79 Å². The molecule has 0 aliphatic heterocycles. The number of nitrogen functional groups attached to an aromatic ring is 1. The van der Waals surface area contributed by atoms with Gasteiger partial charge in [-0.05, 0) is 17.5 Å². The first-order valence-corrected chi connectivity index (χ1v) is 3.35. The highest BCUT2D eigenvalue weighted by atomic mass is 35.5. The van der Waals surface area contributed by atoms with E-state index in [1.165, 1.54) is 6.20 Å². The fourth-order valence-electron chi connectivity index (χ4n) is 0.576. The third-order valence-corrected chi connectivity index (χ3v) is 1.24. The fraction of sp³-hybridized carbons (Fsp3) is 0. The van der Waals surface area contributed by atoms with Gasteiger partial charge in [0, 0.05) is 6.20 Å². The van der Waals surface area contributed by atoms with Gasteiger partial charge in [0.25, 0.3) is 0 Å². The largest absolute Gasteiger partial charge is 0.383 e. The van der Waals surface area contributed by atoms with E-state index in [9.17, 15) is 4.79 Å². The van der Waals surface area contributed by atoms with Crippen LogP contribution >= 0.6 is 11.6 Å². The first-order chi connectivity index (χ1) is 5.74. The third-order valence-electron chi connectivity index (χ3n) is 1.05. The number of aromatic nitrogens is 2. The summed E-state index contributed by atoms with van der Waals surface area (Å²) in [5, 5.41) is 0.0594. The average Bonchev–Trinajstić information content (AvgIpc) is 2.03. The van der Waals surface area contributed by atoms with Crippen LogP contribution < -0.4 is 5.73 Å². The summed E-state index contributed by atoms with van der Waals surface area (Å²) in [5.41, 5.74) is 5.80. The highest BCUT2D eigenvalue weighted by molar-refractivity contribution is 6.28. The van der Waals surface area contributed by atoms with Crippen LogP contribution in [0.5, 0.6) is 0 Å². The lowest BCUT2D eigenvalue weighted by Gasteiger charge is -1.94. The Kier molecular flexibility index (Phi) is 2.62. The van der Waals surface area contributed by atoms with Gasteiger partial charge in [-0.15, -0.1) is 0 Å². The van der Waals surface area contributed by atoms with Crippen molar-refractivity contribution in [3.05, 3.63) is 17.0 Å². The summed E-state index contributed by atoms with van der Waals surface area (Å²) in [6.45, 7) is 0. The molecule has 0 saturated carbocycles. The molecule has 1 aromatic rings. The van der Waals surface area contributed by atoms with Gasteiger partial charge in [0.1, 0.15) is 5.82 Å². The Morgan fingerprint density at radius 3 is 3.00 bits per heavy atom. The highest BCUT2D eigenvalue weighted by Crippen LogP contribution is 2.07. The van der Waals surface area contributed by atoms with Crippen LogP contribution in [0.25, 0.3) is 0 Å². The summed E-state index contributed by atoms with van der Waals surface area (Å²) in [4.78, 5) is 17.2. The standard InChI is InChI=1S/C7H4ClN3O/c8-7-10-4-5(2-1-3-12)6(9)11-7/h3-4H,(H2,9,10,11).